The van der Waals surface area contributed by atoms with E-state index in [4.69, 9.17) is 0 Å². The minimum Gasteiger partial charge on any atom is -0.307 e. The maximum absolute atomic E-state index is 13.0. The fraction of sp³-hybridized carbons (Fsp3) is 0.143. The highest BCUT2D eigenvalue weighted by Gasteiger charge is 2.17. The zero-order valence-electron chi connectivity index (χ0n) is 10.3. The van der Waals surface area contributed by atoms with Gasteiger partial charge in [-0.05, 0) is 43.3 Å². The Kier molecular flexibility index (Phi) is 3.85. The number of aromatic nitrogens is 1. The van der Waals surface area contributed by atoms with Crippen LogP contribution in [0.3, 0.4) is 0 Å². The molecule has 1 aromatic heterocycles. The van der Waals surface area contributed by atoms with Crippen molar-refractivity contribution in [1.29, 1.82) is 0 Å². The second-order valence-electron chi connectivity index (χ2n) is 3.87. The molecule has 0 aliphatic heterocycles. The molecule has 0 bridgehead atoms. The number of nitrogens with zero attached hydrogens (tertiary/aromatic N) is 2. The van der Waals surface area contributed by atoms with Crippen LogP contribution in [0.5, 0.6) is 0 Å². The van der Waals surface area contributed by atoms with Gasteiger partial charge in [0.25, 0.3) is 5.91 Å². The molecule has 3 nitrogen and oxygen atoms in total. The molecule has 0 saturated heterocycles. The Morgan fingerprint density at radius 3 is 2.42 bits per heavy atom. The Labute approximate surface area is 109 Å². The smallest absolute Gasteiger partial charge is 0.276 e. The lowest BCUT2D eigenvalue weighted by Gasteiger charge is -2.20. The summed E-state index contributed by atoms with van der Waals surface area (Å²) in [6.45, 7) is 2.16. The number of hydrogen-bond donors (Lipinski definition) is 0. The van der Waals surface area contributed by atoms with Crippen LogP contribution < -0.4 is 4.90 Å². The Bertz CT molecular complexity index is 584. The van der Waals surface area contributed by atoms with Crippen LogP contribution in [0.15, 0.2) is 42.5 Å². The standard InChI is InChI=1S/C14H12F2N2O/c1-2-18(11-8-6-10(15)7-9-11)14(19)12-4-3-5-13(16)17-12/h3-9H,2H2,1H3. The minimum atomic E-state index is -0.707. The molecule has 0 spiro atoms. The molecule has 5 heteroatoms. The Balaban J connectivity index is 2.31. The maximum atomic E-state index is 13.0. The Hall–Kier alpha value is -2.30. The van der Waals surface area contributed by atoms with E-state index in [1.165, 1.54) is 47.4 Å². The molecule has 0 saturated carbocycles. The summed E-state index contributed by atoms with van der Waals surface area (Å²) >= 11 is 0. The number of benzene rings is 1. The summed E-state index contributed by atoms with van der Waals surface area (Å²) in [5.74, 6) is -1.51. The van der Waals surface area contributed by atoms with E-state index in [1.807, 2.05) is 0 Å². The van der Waals surface area contributed by atoms with E-state index < -0.39 is 11.9 Å². The van der Waals surface area contributed by atoms with Gasteiger partial charge in [-0.25, -0.2) is 9.37 Å². The van der Waals surface area contributed by atoms with Crippen LogP contribution in [0.2, 0.25) is 0 Å². The predicted molar refractivity (Wildman–Crippen MR) is 67.9 cm³/mol. The van der Waals surface area contributed by atoms with Crippen LogP contribution in [-0.2, 0) is 0 Å². The third-order valence-corrected chi connectivity index (χ3v) is 2.63. The largest absolute Gasteiger partial charge is 0.307 e. The molecule has 0 aliphatic carbocycles. The highest BCUT2D eigenvalue weighted by molar-refractivity contribution is 6.04. The van der Waals surface area contributed by atoms with Gasteiger partial charge in [0.15, 0.2) is 0 Å². The number of halogens is 2. The van der Waals surface area contributed by atoms with Crippen LogP contribution in [0.25, 0.3) is 0 Å². The molecule has 0 unspecified atom stereocenters. The Morgan fingerprint density at radius 1 is 1.16 bits per heavy atom. The zero-order chi connectivity index (χ0) is 13.8. The molecule has 0 radical (unpaired) electrons. The van der Waals surface area contributed by atoms with Crippen molar-refractivity contribution in [2.24, 2.45) is 0 Å². The average molecular weight is 262 g/mol. The summed E-state index contributed by atoms with van der Waals surface area (Å²) < 4.78 is 25.9. The van der Waals surface area contributed by atoms with Crippen molar-refractivity contribution in [2.45, 2.75) is 6.92 Å². The number of anilines is 1. The number of amides is 1. The molecule has 98 valence electrons. The monoisotopic (exact) mass is 262 g/mol. The van der Waals surface area contributed by atoms with Crippen LogP contribution in [0.1, 0.15) is 17.4 Å². The van der Waals surface area contributed by atoms with Crippen LogP contribution in [0, 0.1) is 11.8 Å². The van der Waals surface area contributed by atoms with E-state index in [2.05, 4.69) is 4.98 Å². The van der Waals surface area contributed by atoms with Crippen LogP contribution in [-0.4, -0.2) is 17.4 Å². The van der Waals surface area contributed by atoms with Gasteiger partial charge in [-0.3, -0.25) is 4.79 Å². The minimum absolute atomic E-state index is 0.0196. The highest BCUT2D eigenvalue weighted by Crippen LogP contribution is 2.17. The molecule has 19 heavy (non-hydrogen) atoms. The summed E-state index contributed by atoms with van der Waals surface area (Å²) in [7, 11) is 0. The van der Waals surface area contributed by atoms with Gasteiger partial charge in [-0.15, -0.1) is 0 Å². The molecule has 0 aliphatic rings. The van der Waals surface area contributed by atoms with Gasteiger partial charge in [0, 0.05) is 12.2 Å². The molecular weight excluding hydrogens is 250 g/mol. The number of carbonyl (C=O) groups is 1. The summed E-state index contributed by atoms with van der Waals surface area (Å²) in [6, 6.07) is 9.57. The van der Waals surface area contributed by atoms with Gasteiger partial charge in [-0.2, -0.15) is 4.39 Å². The SMILES string of the molecule is CCN(C(=O)c1cccc(F)n1)c1ccc(F)cc1. The molecule has 1 amide bonds. The fourth-order valence-corrected chi connectivity index (χ4v) is 1.73. The van der Waals surface area contributed by atoms with E-state index in [9.17, 15) is 13.6 Å². The quantitative estimate of drug-likeness (QED) is 0.796. The first kappa shape index (κ1) is 13.1. The van der Waals surface area contributed by atoms with Crippen molar-refractivity contribution in [3.8, 4) is 0 Å². The molecule has 1 heterocycles. The number of rotatable bonds is 3. The van der Waals surface area contributed by atoms with Gasteiger partial charge in [0.1, 0.15) is 11.5 Å². The fourth-order valence-electron chi connectivity index (χ4n) is 1.73. The van der Waals surface area contributed by atoms with Gasteiger partial charge >= 0.3 is 0 Å². The van der Waals surface area contributed by atoms with E-state index in [1.54, 1.807) is 6.92 Å². The molecule has 0 fully saturated rings. The van der Waals surface area contributed by atoms with Gasteiger partial charge in [-0.1, -0.05) is 6.07 Å². The van der Waals surface area contributed by atoms with Crippen molar-refractivity contribution in [2.75, 3.05) is 11.4 Å². The summed E-state index contributed by atoms with van der Waals surface area (Å²) in [5, 5.41) is 0. The predicted octanol–water partition coefficient (Wildman–Crippen LogP) is 3.03. The summed E-state index contributed by atoms with van der Waals surface area (Å²) in [6.07, 6.45) is 0. The van der Waals surface area contributed by atoms with E-state index >= 15 is 0 Å². The molecule has 0 atom stereocenters. The van der Waals surface area contributed by atoms with Crippen LogP contribution in [0.4, 0.5) is 14.5 Å². The van der Waals surface area contributed by atoms with Crippen LogP contribution >= 0.6 is 0 Å². The molecule has 1 aromatic carbocycles. The van der Waals surface area contributed by atoms with Crippen molar-refractivity contribution in [1.82, 2.24) is 4.98 Å². The average Bonchev–Trinajstić information content (AvgIpc) is 2.41. The lowest BCUT2D eigenvalue weighted by molar-refractivity contribution is 0.0982. The zero-order valence-corrected chi connectivity index (χ0v) is 10.3. The van der Waals surface area contributed by atoms with E-state index in [0.29, 0.717) is 12.2 Å². The van der Waals surface area contributed by atoms with Gasteiger partial charge in [0.05, 0.1) is 0 Å². The van der Waals surface area contributed by atoms with Gasteiger partial charge < -0.3 is 4.90 Å². The second-order valence-corrected chi connectivity index (χ2v) is 3.87. The molecule has 0 N–H and O–H groups in total. The summed E-state index contributed by atoms with van der Waals surface area (Å²) in [4.78, 5) is 17.2. The number of pyridine rings is 1. The summed E-state index contributed by atoms with van der Waals surface area (Å²) in [5.41, 5.74) is 0.561. The third-order valence-electron chi connectivity index (χ3n) is 2.63. The van der Waals surface area contributed by atoms with Crippen molar-refractivity contribution < 1.29 is 13.6 Å². The van der Waals surface area contributed by atoms with Gasteiger partial charge in [0.2, 0.25) is 5.95 Å². The van der Waals surface area contributed by atoms with Crippen molar-refractivity contribution in [3.05, 3.63) is 59.9 Å². The highest BCUT2D eigenvalue weighted by atomic mass is 19.1. The van der Waals surface area contributed by atoms with E-state index in [-0.39, 0.29) is 11.5 Å². The topological polar surface area (TPSA) is 33.2 Å². The lowest BCUT2D eigenvalue weighted by Crippen LogP contribution is -2.31. The first-order chi connectivity index (χ1) is 9.11. The molecular formula is C14H12F2N2O. The molecule has 2 rings (SSSR count). The lowest BCUT2D eigenvalue weighted by atomic mass is 10.2. The second kappa shape index (κ2) is 5.56. The molecule has 2 aromatic rings. The third kappa shape index (κ3) is 2.93. The Morgan fingerprint density at radius 2 is 1.84 bits per heavy atom. The van der Waals surface area contributed by atoms with Crippen molar-refractivity contribution >= 4 is 11.6 Å². The maximum Gasteiger partial charge on any atom is 0.276 e. The van der Waals surface area contributed by atoms with E-state index in [0.717, 1.165) is 0 Å². The first-order valence-electron chi connectivity index (χ1n) is 5.82. The number of hydrogen-bond acceptors (Lipinski definition) is 2. The normalized spacial score (nSPS) is 10.3. The van der Waals surface area contributed by atoms with Crippen molar-refractivity contribution in [3.63, 3.8) is 0 Å². The first-order valence-corrected chi connectivity index (χ1v) is 5.82. The number of carbonyl (C=O) groups excluding carboxylic acids is 1.